The predicted octanol–water partition coefficient (Wildman–Crippen LogP) is 6.83. The van der Waals surface area contributed by atoms with Crippen molar-refractivity contribution in [2.45, 2.75) is 18.8 Å². The Labute approximate surface area is 187 Å². The Bertz CT molecular complexity index is 1280. The molecule has 1 amide bonds. The zero-order valence-corrected chi connectivity index (χ0v) is 18.0. The number of halogens is 1. The molecule has 0 spiro atoms. The van der Waals surface area contributed by atoms with Crippen molar-refractivity contribution in [3.05, 3.63) is 113 Å². The quantitative estimate of drug-likeness (QED) is 0.358. The van der Waals surface area contributed by atoms with E-state index in [2.05, 4.69) is 17.2 Å². The van der Waals surface area contributed by atoms with E-state index < -0.39 is 5.41 Å². The fraction of sp³-hybridized carbons (Fsp3) is 0.107. The summed E-state index contributed by atoms with van der Waals surface area (Å²) in [6, 6.07) is 31.0. The lowest BCUT2D eigenvalue weighted by molar-refractivity contribution is -0.119. The molecule has 0 saturated heterocycles. The molecule has 3 heteroatoms. The summed E-state index contributed by atoms with van der Waals surface area (Å²) in [6.45, 7) is 1.98. The molecule has 0 aliphatic rings. The normalized spacial score (nSPS) is 12.5. The summed E-state index contributed by atoms with van der Waals surface area (Å²) in [5, 5.41) is 5.79. The van der Waals surface area contributed by atoms with Crippen LogP contribution in [0.2, 0.25) is 5.02 Å². The van der Waals surface area contributed by atoms with Crippen LogP contribution in [0.1, 0.15) is 24.5 Å². The molecule has 0 bridgehead atoms. The third-order valence-corrected chi connectivity index (χ3v) is 5.84. The number of fused-ring (bicyclic) bond motifs is 1. The Balaban J connectivity index is 1.81. The summed E-state index contributed by atoms with van der Waals surface area (Å²) < 4.78 is 0. The Morgan fingerprint density at radius 1 is 0.871 bits per heavy atom. The highest BCUT2D eigenvalue weighted by atomic mass is 35.5. The van der Waals surface area contributed by atoms with Gasteiger partial charge in [0.15, 0.2) is 0 Å². The van der Waals surface area contributed by atoms with Crippen LogP contribution in [-0.2, 0) is 10.2 Å². The van der Waals surface area contributed by atoms with Crippen LogP contribution in [-0.4, -0.2) is 5.91 Å². The van der Waals surface area contributed by atoms with Gasteiger partial charge in [-0.1, -0.05) is 109 Å². The summed E-state index contributed by atoms with van der Waals surface area (Å²) >= 11 is 6.31. The monoisotopic (exact) mass is 423 g/mol. The topological polar surface area (TPSA) is 29.1 Å². The van der Waals surface area contributed by atoms with Gasteiger partial charge in [0.1, 0.15) is 5.41 Å². The van der Waals surface area contributed by atoms with Crippen LogP contribution in [0.3, 0.4) is 0 Å². The van der Waals surface area contributed by atoms with E-state index >= 15 is 0 Å². The number of amides is 1. The van der Waals surface area contributed by atoms with Crippen molar-refractivity contribution in [2.24, 2.45) is 0 Å². The van der Waals surface area contributed by atoms with Crippen molar-refractivity contribution in [2.75, 3.05) is 5.32 Å². The number of anilines is 1. The second-order valence-corrected chi connectivity index (χ2v) is 7.74. The second kappa shape index (κ2) is 9.08. The van der Waals surface area contributed by atoms with Gasteiger partial charge in [-0.05, 0) is 35.6 Å². The van der Waals surface area contributed by atoms with Gasteiger partial charge in [0.25, 0.3) is 0 Å². The van der Waals surface area contributed by atoms with E-state index in [9.17, 15) is 4.79 Å². The SMILES string of the molecule is CC[C@](C#Cc1ccccc1Cl)(C(=O)Nc1cccc2ccccc12)c1ccccc1. The lowest BCUT2D eigenvalue weighted by Gasteiger charge is -2.27. The number of benzene rings is 4. The number of rotatable bonds is 4. The van der Waals surface area contributed by atoms with E-state index in [1.807, 2.05) is 97.9 Å². The minimum absolute atomic E-state index is 0.155. The standard InChI is InChI=1S/C28H22ClNO/c1-2-28(23-14-4-3-5-15-23,20-19-22-12-7-9-17-25(22)29)27(31)30-26-18-10-13-21-11-6-8-16-24(21)26/h3-18H,2H2,1H3,(H,30,31)/t28-/m1/s1. The lowest BCUT2D eigenvalue weighted by Crippen LogP contribution is -2.39. The zero-order chi connectivity index (χ0) is 21.7. The third kappa shape index (κ3) is 4.19. The van der Waals surface area contributed by atoms with E-state index in [0.29, 0.717) is 17.0 Å². The van der Waals surface area contributed by atoms with E-state index in [-0.39, 0.29) is 5.91 Å². The number of hydrogen-bond acceptors (Lipinski definition) is 1. The van der Waals surface area contributed by atoms with Gasteiger partial charge in [0.2, 0.25) is 5.91 Å². The molecule has 0 radical (unpaired) electrons. The average molecular weight is 424 g/mol. The highest BCUT2D eigenvalue weighted by Gasteiger charge is 2.37. The number of carbonyl (C=O) groups is 1. The van der Waals surface area contributed by atoms with Gasteiger partial charge in [-0.2, -0.15) is 0 Å². The van der Waals surface area contributed by atoms with Crippen LogP contribution < -0.4 is 5.32 Å². The van der Waals surface area contributed by atoms with Crippen LogP contribution in [0.25, 0.3) is 10.8 Å². The van der Waals surface area contributed by atoms with Crippen molar-refractivity contribution in [1.82, 2.24) is 0 Å². The Morgan fingerprint density at radius 2 is 1.55 bits per heavy atom. The highest BCUT2D eigenvalue weighted by molar-refractivity contribution is 6.31. The van der Waals surface area contributed by atoms with E-state index in [1.54, 1.807) is 6.07 Å². The predicted molar refractivity (Wildman–Crippen MR) is 129 cm³/mol. The molecule has 4 aromatic carbocycles. The lowest BCUT2D eigenvalue weighted by atomic mass is 9.77. The summed E-state index contributed by atoms with van der Waals surface area (Å²) in [4.78, 5) is 13.8. The summed E-state index contributed by atoms with van der Waals surface area (Å²) in [6.07, 6.45) is 0.519. The molecule has 152 valence electrons. The molecule has 0 fully saturated rings. The van der Waals surface area contributed by atoms with Crippen LogP contribution in [0, 0.1) is 11.8 Å². The maximum Gasteiger partial charge on any atom is 0.247 e. The maximum absolute atomic E-state index is 13.8. The van der Waals surface area contributed by atoms with Gasteiger partial charge in [-0.3, -0.25) is 4.79 Å². The van der Waals surface area contributed by atoms with Crippen LogP contribution >= 0.6 is 11.6 Å². The number of hydrogen-bond donors (Lipinski definition) is 1. The fourth-order valence-electron chi connectivity index (χ4n) is 3.74. The van der Waals surface area contributed by atoms with Crippen molar-refractivity contribution in [3.8, 4) is 11.8 Å². The molecule has 2 nitrogen and oxygen atoms in total. The minimum Gasteiger partial charge on any atom is -0.324 e. The molecule has 4 aromatic rings. The Kier molecular flexibility index (Phi) is 6.07. The number of nitrogens with one attached hydrogen (secondary N) is 1. The smallest absolute Gasteiger partial charge is 0.247 e. The number of carbonyl (C=O) groups excluding carboxylic acids is 1. The Hall–Kier alpha value is -3.54. The molecular formula is C28H22ClNO. The first-order valence-electron chi connectivity index (χ1n) is 10.3. The van der Waals surface area contributed by atoms with Crippen LogP contribution in [0.4, 0.5) is 5.69 Å². The van der Waals surface area contributed by atoms with E-state index in [0.717, 1.165) is 22.0 Å². The molecule has 0 heterocycles. The second-order valence-electron chi connectivity index (χ2n) is 7.34. The zero-order valence-electron chi connectivity index (χ0n) is 17.2. The first-order chi connectivity index (χ1) is 15.1. The van der Waals surface area contributed by atoms with Gasteiger partial charge in [-0.25, -0.2) is 0 Å². The minimum atomic E-state index is -1.02. The molecular weight excluding hydrogens is 402 g/mol. The van der Waals surface area contributed by atoms with E-state index in [4.69, 9.17) is 11.6 Å². The van der Waals surface area contributed by atoms with Crippen molar-refractivity contribution in [1.29, 1.82) is 0 Å². The van der Waals surface area contributed by atoms with Gasteiger partial charge in [0, 0.05) is 16.6 Å². The molecule has 1 N–H and O–H groups in total. The van der Waals surface area contributed by atoms with Crippen molar-refractivity contribution < 1.29 is 4.79 Å². The molecule has 0 aromatic heterocycles. The maximum atomic E-state index is 13.8. The first-order valence-corrected chi connectivity index (χ1v) is 10.6. The molecule has 0 aliphatic heterocycles. The average Bonchev–Trinajstić information content (AvgIpc) is 2.82. The molecule has 4 rings (SSSR count). The highest BCUT2D eigenvalue weighted by Crippen LogP contribution is 2.31. The molecule has 0 aliphatic carbocycles. The third-order valence-electron chi connectivity index (χ3n) is 5.51. The molecule has 31 heavy (non-hydrogen) atoms. The molecule has 1 atom stereocenters. The summed E-state index contributed by atoms with van der Waals surface area (Å²) in [5.74, 6) is 6.29. The largest absolute Gasteiger partial charge is 0.324 e. The van der Waals surface area contributed by atoms with Gasteiger partial charge < -0.3 is 5.32 Å². The molecule has 0 saturated carbocycles. The van der Waals surface area contributed by atoms with E-state index in [1.165, 1.54) is 0 Å². The first kappa shape index (κ1) is 20.7. The summed E-state index contributed by atoms with van der Waals surface area (Å²) in [5.41, 5.74) is 1.32. The van der Waals surface area contributed by atoms with Gasteiger partial charge in [-0.15, -0.1) is 0 Å². The van der Waals surface area contributed by atoms with Crippen LogP contribution in [0.5, 0.6) is 0 Å². The summed E-state index contributed by atoms with van der Waals surface area (Å²) in [7, 11) is 0. The van der Waals surface area contributed by atoms with Crippen LogP contribution in [0.15, 0.2) is 97.1 Å². The fourth-order valence-corrected chi connectivity index (χ4v) is 3.92. The van der Waals surface area contributed by atoms with Gasteiger partial charge in [0.05, 0.1) is 5.02 Å². The van der Waals surface area contributed by atoms with Crippen molar-refractivity contribution in [3.63, 3.8) is 0 Å². The molecule has 0 unspecified atom stereocenters. The van der Waals surface area contributed by atoms with Crippen molar-refractivity contribution >= 4 is 34.0 Å². The Morgan fingerprint density at radius 3 is 2.32 bits per heavy atom. The van der Waals surface area contributed by atoms with Gasteiger partial charge >= 0.3 is 0 Å².